The van der Waals surface area contributed by atoms with Gasteiger partial charge in [-0.1, -0.05) is 41.6 Å². The van der Waals surface area contributed by atoms with Crippen LogP contribution >= 0.6 is 23.1 Å². The Kier molecular flexibility index (Phi) is 3.82. The summed E-state index contributed by atoms with van der Waals surface area (Å²) in [4.78, 5) is 18.9. The van der Waals surface area contributed by atoms with Crippen LogP contribution in [0.3, 0.4) is 0 Å². The Bertz CT molecular complexity index is 693. The van der Waals surface area contributed by atoms with Crippen LogP contribution in [0.5, 0.6) is 0 Å². The Balaban J connectivity index is 1.79. The van der Waals surface area contributed by atoms with Gasteiger partial charge >= 0.3 is 0 Å². The van der Waals surface area contributed by atoms with E-state index in [0.29, 0.717) is 5.13 Å². The number of amides is 1. The zero-order chi connectivity index (χ0) is 15.0. The van der Waals surface area contributed by atoms with Crippen molar-refractivity contribution in [2.75, 3.05) is 4.90 Å². The molecule has 0 radical (unpaired) electrons. The summed E-state index contributed by atoms with van der Waals surface area (Å²) in [6, 6.07) is 8.40. The van der Waals surface area contributed by atoms with Crippen LogP contribution in [0.2, 0.25) is 0 Å². The van der Waals surface area contributed by atoms with Gasteiger partial charge in [0.05, 0.1) is 5.25 Å². The number of rotatable bonds is 3. The summed E-state index contributed by atoms with van der Waals surface area (Å²) in [6.07, 6.45) is 2.60. The van der Waals surface area contributed by atoms with Crippen molar-refractivity contribution >= 4 is 39.3 Å². The van der Waals surface area contributed by atoms with Crippen LogP contribution in [-0.2, 0) is 11.2 Å². The molecule has 1 aromatic carbocycles. The Morgan fingerprint density at radius 3 is 2.67 bits per heavy atom. The van der Waals surface area contributed by atoms with Crippen LogP contribution < -0.4 is 4.90 Å². The van der Waals surface area contributed by atoms with Gasteiger partial charge in [-0.3, -0.25) is 10.2 Å². The number of nitrogens with zero attached hydrogens (tertiary/aromatic N) is 2. The second-order valence-corrected chi connectivity index (χ2v) is 7.43. The zero-order valence-electron chi connectivity index (χ0n) is 11.8. The number of aryl methyl sites for hydroxylation is 1. The van der Waals surface area contributed by atoms with E-state index in [0.717, 1.165) is 11.3 Å². The quantitative estimate of drug-likeness (QED) is 0.943. The first-order valence-corrected chi connectivity index (χ1v) is 8.33. The Morgan fingerprint density at radius 1 is 1.33 bits per heavy atom. The first kappa shape index (κ1) is 14.3. The van der Waals surface area contributed by atoms with Gasteiger partial charge in [0.1, 0.15) is 0 Å². The normalized spacial score (nSPS) is 18.6. The minimum Gasteiger partial charge on any atom is -0.278 e. The van der Waals surface area contributed by atoms with Crippen LogP contribution in [-0.4, -0.2) is 21.3 Å². The van der Waals surface area contributed by atoms with E-state index in [2.05, 4.69) is 36.2 Å². The fraction of sp³-hybridized carbons (Fsp3) is 0.267. The van der Waals surface area contributed by atoms with E-state index in [1.165, 1.54) is 39.1 Å². The molecule has 1 aliphatic heterocycles. The monoisotopic (exact) mass is 317 g/mol. The second-order valence-electron chi connectivity index (χ2n) is 5.01. The molecule has 0 spiro atoms. The molecule has 108 valence electrons. The summed E-state index contributed by atoms with van der Waals surface area (Å²) in [7, 11) is 0. The number of benzene rings is 1. The molecule has 0 saturated carbocycles. The topological polar surface area (TPSA) is 57.1 Å². The smallest absolute Gasteiger partial charge is 0.248 e. The average molecular weight is 317 g/mol. The zero-order valence-corrected chi connectivity index (χ0v) is 13.4. The first-order chi connectivity index (χ1) is 10.0. The molecule has 3 rings (SSSR count). The van der Waals surface area contributed by atoms with Gasteiger partial charge < -0.3 is 0 Å². The van der Waals surface area contributed by atoms with Crippen molar-refractivity contribution in [3.63, 3.8) is 0 Å². The standard InChI is InChI=1S/C15H15N3OS2/c1-9-3-5-11(6-4-9)7-12-8-17-15(21-12)18-13(19)10(2)20-14(18)16/h3-6,8,10,16H,7H2,1-2H3/t10-/m0/s1. The summed E-state index contributed by atoms with van der Waals surface area (Å²) in [5.74, 6) is -0.0544. The molecule has 1 amide bonds. The van der Waals surface area contributed by atoms with E-state index >= 15 is 0 Å². The molecule has 2 aromatic rings. The lowest BCUT2D eigenvalue weighted by Crippen LogP contribution is -2.30. The summed E-state index contributed by atoms with van der Waals surface area (Å²) < 4.78 is 0. The molecular weight excluding hydrogens is 302 g/mol. The molecule has 1 saturated heterocycles. The molecule has 1 atom stereocenters. The lowest BCUT2D eigenvalue weighted by molar-refractivity contribution is -0.116. The summed E-state index contributed by atoms with van der Waals surface area (Å²) in [6.45, 7) is 3.89. The van der Waals surface area contributed by atoms with Gasteiger partial charge in [0.25, 0.3) is 0 Å². The number of carbonyl (C=O) groups excluding carboxylic acids is 1. The molecule has 0 aliphatic carbocycles. The first-order valence-electron chi connectivity index (χ1n) is 6.64. The molecule has 6 heteroatoms. The third-order valence-electron chi connectivity index (χ3n) is 3.29. The minimum absolute atomic E-state index is 0.0544. The highest BCUT2D eigenvalue weighted by molar-refractivity contribution is 8.16. The predicted molar refractivity (Wildman–Crippen MR) is 88.4 cm³/mol. The van der Waals surface area contributed by atoms with Gasteiger partial charge in [-0.2, -0.15) is 0 Å². The van der Waals surface area contributed by atoms with Crippen molar-refractivity contribution in [1.29, 1.82) is 5.41 Å². The number of hydrogen-bond donors (Lipinski definition) is 1. The number of thiazole rings is 1. The van der Waals surface area contributed by atoms with Crippen molar-refractivity contribution in [3.8, 4) is 0 Å². The maximum Gasteiger partial charge on any atom is 0.248 e. The molecule has 21 heavy (non-hydrogen) atoms. The molecule has 2 heterocycles. The molecular formula is C15H15N3OS2. The second kappa shape index (κ2) is 5.61. The van der Waals surface area contributed by atoms with Crippen molar-refractivity contribution in [3.05, 3.63) is 46.5 Å². The number of anilines is 1. The van der Waals surface area contributed by atoms with E-state index in [9.17, 15) is 4.79 Å². The number of nitrogens with one attached hydrogen (secondary N) is 1. The SMILES string of the molecule is Cc1ccc(Cc2cnc(N3C(=N)S[C@@H](C)C3=O)s2)cc1. The van der Waals surface area contributed by atoms with Gasteiger partial charge in [0.2, 0.25) is 5.91 Å². The largest absolute Gasteiger partial charge is 0.278 e. The van der Waals surface area contributed by atoms with Gasteiger partial charge in [0, 0.05) is 17.5 Å². The Morgan fingerprint density at radius 2 is 2.05 bits per heavy atom. The number of hydrogen-bond acceptors (Lipinski definition) is 5. The van der Waals surface area contributed by atoms with E-state index in [4.69, 9.17) is 5.41 Å². The third-order valence-corrected chi connectivity index (χ3v) is 5.23. The summed E-state index contributed by atoms with van der Waals surface area (Å²) >= 11 is 2.75. The van der Waals surface area contributed by atoms with E-state index < -0.39 is 0 Å². The minimum atomic E-state index is -0.193. The number of aromatic nitrogens is 1. The summed E-state index contributed by atoms with van der Waals surface area (Å²) in [5, 5.41) is 8.57. The average Bonchev–Trinajstić information content (AvgIpc) is 2.98. The highest BCUT2D eigenvalue weighted by Gasteiger charge is 2.36. The molecule has 1 aromatic heterocycles. The third kappa shape index (κ3) is 2.87. The molecule has 0 unspecified atom stereocenters. The maximum absolute atomic E-state index is 12.1. The number of carbonyl (C=O) groups is 1. The van der Waals surface area contributed by atoms with Crippen LogP contribution in [0.15, 0.2) is 30.5 Å². The fourth-order valence-electron chi connectivity index (χ4n) is 2.12. The fourth-order valence-corrected chi connectivity index (χ4v) is 3.96. The molecule has 1 aliphatic rings. The predicted octanol–water partition coefficient (Wildman–Crippen LogP) is 3.45. The van der Waals surface area contributed by atoms with Crippen LogP contribution in [0.4, 0.5) is 5.13 Å². The summed E-state index contributed by atoms with van der Waals surface area (Å²) in [5.41, 5.74) is 2.47. The van der Waals surface area contributed by atoms with Gasteiger partial charge in [0.15, 0.2) is 10.3 Å². The Hall–Kier alpha value is -1.66. The van der Waals surface area contributed by atoms with Crippen molar-refractivity contribution < 1.29 is 4.79 Å². The number of thioether (sulfide) groups is 1. The van der Waals surface area contributed by atoms with Gasteiger partial charge in [-0.05, 0) is 19.4 Å². The maximum atomic E-state index is 12.1. The Labute approximate surface area is 131 Å². The van der Waals surface area contributed by atoms with Crippen molar-refractivity contribution in [1.82, 2.24) is 4.98 Å². The van der Waals surface area contributed by atoms with E-state index in [1.807, 2.05) is 6.92 Å². The van der Waals surface area contributed by atoms with Gasteiger partial charge in [-0.15, -0.1) is 11.3 Å². The molecule has 0 bridgehead atoms. The highest BCUT2D eigenvalue weighted by Crippen LogP contribution is 2.33. The highest BCUT2D eigenvalue weighted by atomic mass is 32.2. The van der Waals surface area contributed by atoms with Crippen LogP contribution in [0, 0.1) is 12.3 Å². The van der Waals surface area contributed by atoms with Crippen molar-refractivity contribution in [2.24, 2.45) is 0 Å². The molecule has 1 N–H and O–H groups in total. The van der Waals surface area contributed by atoms with Crippen molar-refractivity contribution in [2.45, 2.75) is 25.5 Å². The van der Waals surface area contributed by atoms with Crippen LogP contribution in [0.25, 0.3) is 0 Å². The van der Waals surface area contributed by atoms with E-state index in [-0.39, 0.29) is 16.3 Å². The lowest BCUT2D eigenvalue weighted by Gasteiger charge is -2.10. The van der Waals surface area contributed by atoms with Crippen LogP contribution in [0.1, 0.15) is 22.9 Å². The number of amidine groups is 1. The van der Waals surface area contributed by atoms with E-state index in [1.54, 1.807) is 6.20 Å². The molecule has 4 nitrogen and oxygen atoms in total. The lowest BCUT2D eigenvalue weighted by atomic mass is 10.1. The molecule has 1 fully saturated rings. The van der Waals surface area contributed by atoms with Gasteiger partial charge in [-0.25, -0.2) is 9.88 Å².